The number of rotatable bonds is 6. The monoisotopic (exact) mass is 215 g/mol. The maximum Gasteiger partial charge on any atom is 0.177 e. The Morgan fingerprint density at radius 3 is 2.86 bits per heavy atom. The average molecular weight is 215 g/mol. The Kier molecular flexibility index (Phi) is 4.86. The molecular formula is C9H17N3OS. The predicted molar refractivity (Wildman–Crippen MR) is 59.0 cm³/mol. The quantitative estimate of drug-likeness (QED) is 0.570. The van der Waals surface area contributed by atoms with Gasteiger partial charge in [-0.2, -0.15) is 0 Å². The number of imidazole rings is 1. The summed E-state index contributed by atoms with van der Waals surface area (Å²) in [5.41, 5.74) is 0. The minimum Gasteiger partial charge on any atom is -0.378 e. The van der Waals surface area contributed by atoms with Crippen LogP contribution < -0.4 is 0 Å². The van der Waals surface area contributed by atoms with Crippen molar-refractivity contribution in [3.8, 4) is 0 Å². The second kappa shape index (κ2) is 5.95. The lowest BCUT2D eigenvalue weighted by atomic mass is 10.6. The smallest absolute Gasteiger partial charge is 0.177 e. The number of hydrogen-bond donors (Lipinski definition) is 1. The Morgan fingerprint density at radius 1 is 1.50 bits per heavy atom. The number of aromatic amines is 1. The summed E-state index contributed by atoms with van der Waals surface area (Å²) in [6.45, 7) is 3.25. The number of aromatic nitrogens is 2. The first kappa shape index (κ1) is 11.4. The van der Waals surface area contributed by atoms with E-state index in [1.54, 1.807) is 0 Å². The molecule has 0 aromatic carbocycles. The molecule has 1 aromatic rings. The van der Waals surface area contributed by atoms with Gasteiger partial charge in [0.1, 0.15) is 0 Å². The van der Waals surface area contributed by atoms with Crippen molar-refractivity contribution < 1.29 is 4.74 Å². The number of nitrogens with one attached hydrogen (secondary N) is 1. The molecule has 0 amide bonds. The third-order valence-corrected chi connectivity index (χ3v) is 2.23. The van der Waals surface area contributed by atoms with E-state index < -0.39 is 0 Å². The maximum absolute atomic E-state index is 5.45. The first-order valence-corrected chi connectivity index (χ1v) is 5.07. The van der Waals surface area contributed by atoms with Gasteiger partial charge < -0.3 is 19.2 Å². The normalized spacial score (nSPS) is 11.1. The Morgan fingerprint density at radius 2 is 2.29 bits per heavy atom. The molecule has 1 rings (SSSR count). The van der Waals surface area contributed by atoms with E-state index in [0.29, 0.717) is 6.61 Å². The molecule has 0 aliphatic carbocycles. The molecule has 0 spiro atoms. The van der Waals surface area contributed by atoms with Crippen molar-refractivity contribution in [2.75, 3.05) is 33.9 Å². The first-order chi connectivity index (χ1) is 6.70. The highest BCUT2D eigenvalue weighted by Crippen LogP contribution is 1.90. The van der Waals surface area contributed by atoms with Crippen LogP contribution in [0.15, 0.2) is 12.4 Å². The SMILES string of the molecule is CN(C)CCOCCn1cc[nH]c1=S. The van der Waals surface area contributed by atoms with Crippen LogP contribution in [0.1, 0.15) is 0 Å². The van der Waals surface area contributed by atoms with Crippen molar-refractivity contribution in [2.24, 2.45) is 0 Å². The Hall–Kier alpha value is -0.650. The van der Waals surface area contributed by atoms with Crippen molar-refractivity contribution in [3.63, 3.8) is 0 Å². The molecule has 0 bridgehead atoms. The van der Waals surface area contributed by atoms with Crippen LogP contribution in [0.4, 0.5) is 0 Å². The minimum atomic E-state index is 0.708. The molecule has 1 N–H and O–H groups in total. The molecule has 5 heteroatoms. The van der Waals surface area contributed by atoms with Gasteiger partial charge in [-0.1, -0.05) is 0 Å². The van der Waals surface area contributed by atoms with Gasteiger partial charge in [0.25, 0.3) is 0 Å². The lowest BCUT2D eigenvalue weighted by molar-refractivity contribution is 0.110. The second-order valence-electron chi connectivity index (χ2n) is 3.37. The van der Waals surface area contributed by atoms with E-state index in [2.05, 4.69) is 9.88 Å². The van der Waals surface area contributed by atoms with E-state index in [0.717, 1.165) is 24.5 Å². The summed E-state index contributed by atoms with van der Waals surface area (Å²) in [7, 11) is 4.07. The fourth-order valence-corrected chi connectivity index (χ4v) is 1.26. The number of hydrogen-bond acceptors (Lipinski definition) is 3. The van der Waals surface area contributed by atoms with Gasteiger partial charge in [0.05, 0.1) is 13.2 Å². The number of ether oxygens (including phenoxy) is 1. The van der Waals surface area contributed by atoms with Gasteiger partial charge in [0.2, 0.25) is 0 Å². The van der Waals surface area contributed by atoms with Gasteiger partial charge in [0, 0.05) is 25.5 Å². The van der Waals surface area contributed by atoms with Crippen LogP contribution in [0.5, 0.6) is 0 Å². The molecule has 0 aliphatic heterocycles. The molecule has 0 radical (unpaired) electrons. The molecule has 1 aromatic heterocycles. The summed E-state index contributed by atoms with van der Waals surface area (Å²) in [6.07, 6.45) is 3.76. The highest BCUT2D eigenvalue weighted by Gasteiger charge is 1.93. The van der Waals surface area contributed by atoms with E-state index in [-0.39, 0.29) is 0 Å². The molecular weight excluding hydrogens is 198 g/mol. The third-order valence-electron chi connectivity index (χ3n) is 1.88. The van der Waals surface area contributed by atoms with Crippen LogP contribution in [0.2, 0.25) is 0 Å². The van der Waals surface area contributed by atoms with Gasteiger partial charge in [-0.25, -0.2) is 0 Å². The van der Waals surface area contributed by atoms with Crippen molar-refractivity contribution in [3.05, 3.63) is 17.2 Å². The van der Waals surface area contributed by atoms with E-state index in [1.807, 2.05) is 31.1 Å². The van der Waals surface area contributed by atoms with E-state index in [9.17, 15) is 0 Å². The molecule has 4 nitrogen and oxygen atoms in total. The largest absolute Gasteiger partial charge is 0.378 e. The number of nitrogens with zero attached hydrogens (tertiary/aromatic N) is 2. The van der Waals surface area contributed by atoms with Gasteiger partial charge in [-0.3, -0.25) is 0 Å². The minimum absolute atomic E-state index is 0.708. The highest BCUT2D eigenvalue weighted by molar-refractivity contribution is 7.71. The fraction of sp³-hybridized carbons (Fsp3) is 0.667. The molecule has 0 saturated heterocycles. The standard InChI is InChI=1S/C9H17N3OS/c1-11(2)5-7-13-8-6-12-4-3-10-9(12)14/h3-4H,5-8H2,1-2H3,(H,10,14). The van der Waals surface area contributed by atoms with Crippen molar-refractivity contribution in [2.45, 2.75) is 6.54 Å². The molecule has 0 atom stereocenters. The van der Waals surface area contributed by atoms with Gasteiger partial charge >= 0.3 is 0 Å². The van der Waals surface area contributed by atoms with Crippen molar-refractivity contribution >= 4 is 12.2 Å². The molecule has 14 heavy (non-hydrogen) atoms. The van der Waals surface area contributed by atoms with Crippen molar-refractivity contribution in [1.82, 2.24) is 14.5 Å². The van der Waals surface area contributed by atoms with E-state index >= 15 is 0 Å². The molecule has 1 heterocycles. The zero-order valence-electron chi connectivity index (χ0n) is 8.69. The Labute approximate surface area is 89.5 Å². The van der Waals surface area contributed by atoms with Crippen LogP contribution in [0.3, 0.4) is 0 Å². The van der Waals surface area contributed by atoms with E-state index in [4.69, 9.17) is 17.0 Å². The number of likely N-dealkylation sites (N-methyl/N-ethyl adjacent to an activating group) is 1. The Balaban J connectivity index is 2.11. The van der Waals surface area contributed by atoms with Crippen LogP contribution in [0.25, 0.3) is 0 Å². The summed E-state index contributed by atoms with van der Waals surface area (Å²) in [4.78, 5) is 5.04. The Bertz CT molecular complexity index is 305. The van der Waals surface area contributed by atoms with Crippen LogP contribution in [-0.2, 0) is 11.3 Å². The predicted octanol–water partition coefficient (Wildman–Crippen LogP) is 1.12. The molecule has 0 unspecified atom stereocenters. The van der Waals surface area contributed by atoms with Crippen molar-refractivity contribution in [1.29, 1.82) is 0 Å². The summed E-state index contributed by atoms with van der Waals surface area (Å²) in [5.74, 6) is 0. The maximum atomic E-state index is 5.45. The lowest BCUT2D eigenvalue weighted by Gasteiger charge is -2.09. The summed E-state index contributed by atoms with van der Waals surface area (Å²) in [5, 5.41) is 0. The second-order valence-corrected chi connectivity index (χ2v) is 3.76. The van der Waals surface area contributed by atoms with Crippen LogP contribution >= 0.6 is 12.2 Å². The van der Waals surface area contributed by atoms with Gasteiger partial charge in [0.15, 0.2) is 4.77 Å². The van der Waals surface area contributed by atoms with E-state index in [1.165, 1.54) is 0 Å². The molecule has 0 aliphatic rings. The molecule has 0 fully saturated rings. The van der Waals surface area contributed by atoms with Crippen LogP contribution in [-0.4, -0.2) is 48.3 Å². The van der Waals surface area contributed by atoms with Crippen LogP contribution in [0, 0.1) is 4.77 Å². The van der Waals surface area contributed by atoms with Gasteiger partial charge in [-0.15, -0.1) is 0 Å². The lowest BCUT2D eigenvalue weighted by Crippen LogP contribution is -2.19. The average Bonchev–Trinajstić information content (AvgIpc) is 2.51. The molecule has 80 valence electrons. The number of H-pyrrole nitrogens is 1. The fourth-order valence-electron chi connectivity index (χ4n) is 1.04. The van der Waals surface area contributed by atoms with Gasteiger partial charge in [-0.05, 0) is 26.3 Å². The topological polar surface area (TPSA) is 33.2 Å². The first-order valence-electron chi connectivity index (χ1n) is 4.66. The molecule has 0 saturated carbocycles. The zero-order chi connectivity index (χ0) is 10.4. The summed E-state index contributed by atoms with van der Waals surface area (Å²) >= 11 is 5.05. The highest BCUT2D eigenvalue weighted by atomic mass is 32.1. The third kappa shape index (κ3) is 4.04. The summed E-state index contributed by atoms with van der Waals surface area (Å²) < 4.78 is 8.16. The zero-order valence-corrected chi connectivity index (χ0v) is 9.51. The summed E-state index contributed by atoms with van der Waals surface area (Å²) in [6, 6.07) is 0.